The Balaban J connectivity index is 1.64. The van der Waals surface area contributed by atoms with E-state index in [0.29, 0.717) is 16.8 Å². The van der Waals surface area contributed by atoms with Crippen LogP contribution < -0.4 is 4.90 Å². The molecule has 3 aromatic rings. The maximum atomic E-state index is 13.1. The van der Waals surface area contributed by atoms with E-state index in [9.17, 15) is 9.18 Å². The lowest BCUT2D eigenvalue weighted by molar-refractivity contribution is 0.0722. The molecule has 26 heavy (non-hydrogen) atoms. The molecule has 0 spiro atoms. The topological polar surface area (TPSA) is 47.4 Å². The van der Waals surface area contributed by atoms with E-state index in [2.05, 4.69) is 4.98 Å². The first-order chi connectivity index (χ1) is 12.3. The van der Waals surface area contributed by atoms with E-state index in [4.69, 9.17) is 4.74 Å². The van der Waals surface area contributed by atoms with Crippen molar-refractivity contribution < 1.29 is 13.9 Å². The summed E-state index contributed by atoms with van der Waals surface area (Å²) < 4.78 is 20.7. The van der Waals surface area contributed by atoms with Crippen molar-refractivity contribution in [3.8, 4) is 0 Å². The Bertz CT molecular complexity index is 1030. The van der Waals surface area contributed by atoms with Crippen LogP contribution in [0.1, 0.15) is 24.2 Å². The molecule has 0 atom stereocenters. The van der Waals surface area contributed by atoms with Gasteiger partial charge in [-0.2, -0.15) is 0 Å². The lowest BCUT2D eigenvalue weighted by atomic mass is 10.1. The van der Waals surface area contributed by atoms with Gasteiger partial charge in [-0.05, 0) is 56.3 Å². The number of carbonyl (C=O) groups is 1. The lowest BCUT2D eigenvalue weighted by Gasteiger charge is -2.34. The number of imidazole rings is 1. The van der Waals surface area contributed by atoms with Crippen molar-refractivity contribution in [2.45, 2.75) is 19.4 Å². The number of carbonyl (C=O) groups excluding carboxylic acids is 1. The highest BCUT2D eigenvalue weighted by Gasteiger charge is 2.30. The number of aromatic nitrogens is 2. The molecule has 0 N–H and O–H groups in total. The van der Waals surface area contributed by atoms with Gasteiger partial charge in [-0.25, -0.2) is 9.37 Å². The highest BCUT2D eigenvalue weighted by molar-refractivity contribution is 6.07. The van der Waals surface area contributed by atoms with Crippen LogP contribution in [0.2, 0.25) is 0 Å². The average molecular weight is 351 g/mol. The summed E-state index contributed by atoms with van der Waals surface area (Å²) in [6.07, 6.45) is 3.71. The molecule has 0 radical (unpaired) electrons. The number of hydrogen-bond acceptors (Lipinski definition) is 3. The number of ether oxygens (including phenoxy) is 1. The van der Waals surface area contributed by atoms with Gasteiger partial charge in [-0.3, -0.25) is 9.36 Å². The third-order valence-corrected chi connectivity index (χ3v) is 4.39. The van der Waals surface area contributed by atoms with Crippen LogP contribution in [0.4, 0.5) is 10.1 Å². The molecule has 1 amide bonds. The number of fused-ring (bicyclic) bond motifs is 1. The van der Waals surface area contributed by atoms with E-state index in [1.165, 1.54) is 17.0 Å². The van der Waals surface area contributed by atoms with Gasteiger partial charge < -0.3 is 9.64 Å². The quantitative estimate of drug-likeness (QED) is 0.715. The second-order valence-electron chi connectivity index (χ2n) is 6.85. The number of rotatable bonds is 3. The molecule has 0 saturated heterocycles. The minimum absolute atomic E-state index is 0.187. The summed E-state index contributed by atoms with van der Waals surface area (Å²) in [5.74, 6) is 0.213. The zero-order valence-corrected chi connectivity index (χ0v) is 14.7. The SMILES string of the molecule is CN(C(=O)c1ccc2c(c1)ncn2C1=CC(C)(C)O1)c1ccc(F)cc1. The number of anilines is 1. The van der Waals surface area contributed by atoms with Gasteiger partial charge in [0, 0.05) is 24.4 Å². The van der Waals surface area contributed by atoms with Crippen LogP contribution in [0.15, 0.2) is 54.9 Å². The summed E-state index contributed by atoms with van der Waals surface area (Å²) in [6.45, 7) is 3.97. The van der Waals surface area contributed by atoms with Crippen molar-refractivity contribution in [3.63, 3.8) is 0 Å². The molecule has 132 valence electrons. The standard InChI is InChI=1S/C20H18FN3O2/c1-20(2)11-18(26-20)24-12-22-16-10-13(4-9-17(16)24)19(25)23(3)15-7-5-14(21)6-8-15/h4-12H,1-3H3. The summed E-state index contributed by atoms with van der Waals surface area (Å²) in [5, 5.41) is 0. The van der Waals surface area contributed by atoms with Gasteiger partial charge in [0.15, 0.2) is 5.88 Å². The Kier molecular flexibility index (Phi) is 3.57. The highest BCUT2D eigenvalue weighted by Crippen LogP contribution is 2.33. The largest absolute Gasteiger partial charge is 0.468 e. The molecule has 6 heteroatoms. The van der Waals surface area contributed by atoms with Gasteiger partial charge in [0.1, 0.15) is 17.7 Å². The van der Waals surface area contributed by atoms with Crippen LogP contribution in [0.3, 0.4) is 0 Å². The van der Waals surface area contributed by atoms with E-state index < -0.39 is 0 Å². The maximum absolute atomic E-state index is 13.1. The molecule has 0 fully saturated rings. The average Bonchev–Trinajstić information content (AvgIpc) is 3.01. The fraction of sp³-hybridized carbons (Fsp3) is 0.200. The Morgan fingerprint density at radius 3 is 2.54 bits per heavy atom. The van der Waals surface area contributed by atoms with Gasteiger partial charge in [0.25, 0.3) is 5.91 Å². The highest BCUT2D eigenvalue weighted by atomic mass is 19.1. The van der Waals surface area contributed by atoms with Crippen LogP contribution in [0, 0.1) is 5.82 Å². The van der Waals surface area contributed by atoms with Gasteiger partial charge in [0.2, 0.25) is 0 Å². The van der Waals surface area contributed by atoms with E-state index in [1.54, 1.807) is 37.6 Å². The molecule has 5 nitrogen and oxygen atoms in total. The zero-order valence-electron chi connectivity index (χ0n) is 14.7. The predicted molar refractivity (Wildman–Crippen MR) is 98.3 cm³/mol. The Labute approximate surface area is 150 Å². The molecule has 0 unspecified atom stereocenters. The minimum atomic E-state index is -0.336. The molecule has 4 rings (SSSR count). The van der Waals surface area contributed by atoms with Crippen LogP contribution in [0.25, 0.3) is 16.9 Å². The second kappa shape index (κ2) is 5.69. The van der Waals surface area contributed by atoms with E-state index in [0.717, 1.165) is 11.4 Å². The van der Waals surface area contributed by atoms with Crippen molar-refractivity contribution in [3.05, 3.63) is 66.2 Å². The van der Waals surface area contributed by atoms with Gasteiger partial charge in [-0.15, -0.1) is 0 Å². The molecule has 1 aromatic heterocycles. The first-order valence-corrected chi connectivity index (χ1v) is 8.27. The monoisotopic (exact) mass is 351 g/mol. The smallest absolute Gasteiger partial charge is 0.258 e. The van der Waals surface area contributed by atoms with Crippen LogP contribution in [0.5, 0.6) is 0 Å². The fourth-order valence-corrected chi connectivity index (χ4v) is 2.98. The molecule has 0 aliphatic carbocycles. The summed E-state index contributed by atoms with van der Waals surface area (Å²) in [5.41, 5.74) is 2.45. The van der Waals surface area contributed by atoms with E-state index in [-0.39, 0.29) is 17.3 Å². The maximum Gasteiger partial charge on any atom is 0.258 e. The van der Waals surface area contributed by atoms with Crippen LogP contribution in [-0.2, 0) is 4.74 Å². The van der Waals surface area contributed by atoms with Crippen molar-refractivity contribution in [2.75, 3.05) is 11.9 Å². The van der Waals surface area contributed by atoms with Gasteiger partial charge >= 0.3 is 0 Å². The zero-order chi connectivity index (χ0) is 18.5. The lowest BCUT2D eigenvalue weighted by Crippen LogP contribution is -2.31. The molecular weight excluding hydrogens is 333 g/mol. The Morgan fingerprint density at radius 2 is 1.88 bits per heavy atom. The molecule has 2 heterocycles. The summed E-state index contributed by atoms with van der Waals surface area (Å²) in [7, 11) is 1.66. The minimum Gasteiger partial charge on any atom is -0.468 e. The van der Waals surface area contributed by atoms with Crippen molar-refractivity contribution in [2.24, 2.45) is 0 Å². The molecule has 0 bridgehead atoms. The third-order valence-electron chi connectivity index (χ3n) is 4.39. The van der Waals surface area contributed by atoms with Crippen LogP contribution in [-0.4, -0.2) is 28.1 Å². The normalized spacial score (nSPS) is 15.2. The van der Waals surface area contributed by atoms with Crippen molar-refractivity contribution in [1.82, 2.24) is 9.55 Å². The fourth-order valence-electron chi connectivity index (χ4n) is 2.98. The molecular formula is C20H18FN3O2. The van der Waals surface area contributed by atoms with Crippen molar-refractivity contribution in [1.29, 1.82) is 0 Å². The van der Waals surface area contributed by atoms with Gasteiger partial charge in [-0.1, -0.05) is 0 Å². The third kappa shape index (κ3) is 2.73. The number of halogens is 1. The van der Waals surface area contributed by atoms with E-state index in [1.807, 2.05) is 30.6 Å². The first-order valence-electron chi connectivity index (χ1n) is 8.27. The molecule has 0 saturated carbocycles. The van der Waals surface area contributed by atoms with E-state index >= 15 is 0 Å². The first kappa shape index (κ1) is 16.3. The number of hydrogen-bond donors (Lipinski definition) is 0. The Hall–Kier alpha value is -3.15. The van der Waals surface area contributed by atoms with Crippen molar-refractivity contribution >= 4 is 28.5 Å². The molecule has 1 aliphatic heterocycles. The Morgan fingerprint density at radius 1 is 1.19 bits per heavy atom. The number of benzene rings is 2. The summed E-state index contributed by atoms with van der Waals surface area (Å²) in [6, 6.07) is 11.2. The predicted octanol–water partition coefficient (Wildman–Crippen LogP) is 4.06. The molecule has 1 aliphatic rings. The second-order valence-corrected chi connectivity index (χ2v) is 6.85. The molecule has 2 aromatic carbocycles. The van der Waals surface area contributed by atoms with Gasteiger partial charge in [0.05, 0.1) is 11.0 Å². The summed E-state index contributed by atoms with van der Waals surface area (Å²) >= 11 is 0. The summed E-state index contributed by atoms with van der Waals surface area (Å²) in [4.78, 5) is 18.6. The number of nitrogens with zero attached hydrogens (tertiary/aromatic N) is 3. The van der Waals surface area contributed by atoms with Crippen LogP contribution >= 0.6 is 0 Å². The number of amides is 1.